The Labute approximate surface area is 258 Å². The van der Waals surface area contributed by atoms with Gasteiger partial charge < -0.3 is 25.7 Å². The zero-order valence-electron chi connectivity index (χ0n) is 27.2. The van der Waals surface area contributed by atoms with Crippen molar-refractivity contribution in [2.45, 2.75) is 118 Å². The number of fused-ring (bicyclic) bond motifs is 7. The molecule has 6 heteroatoms. The fourth-order valence-corrected chi connectivity index (χ4v) is 11.9. The Balaban J connectivity index is 1.44. The number of aliphatic hydroxyl groups is 4. The number of aliphatic hydroxyl groups excluding tert-OH is 3. The van der Waals surface area contributed by atoms with Crippen molar-refractivity contribution in [3.63, 3.8) is 0 Å². The van der Waals surface area contributed by atoms with Gasteiger partial charge in [0.25, 0.3) is 0 Å². The van der Waals surface area contributed by atoms with Crippen LogP contribution in [0.4, 0.5) is 5.69 Å². The van der Waals surface area contributed by atoms with Gasteiger partial charge in [0, 0.05) is 22.6 Å². The highest BCUT2D eigenvalue weighted by molar-refractivity contribution is 5.97. The quantitative estimate of drug-likeness (QED) is 0.266. The summed E-state index contributed by atoms with van der Waals surface area (Å²) in [6.45, 7) is 13.4. The summed E-state index contributed by atoms with van der Waals surface area (Å²) < 4.78 is 0. The number of carbonyl (C=O) groups excluding carboxylic acids is 1. The highest BCUT2D eigenvalue weighted by atomic mass is 16.3. The average molecular weight is 594 g/mol. The summed E-state index contributed by atoms with van der Waals surface area (Å²) in [4.78, 5) is 14.5. The predicted octanol–water partition coefficient (Wildman–Crippen LogP) is 6.22. The van der Waals surface area contributed by atoms with Crippen molar-refractivity contribution in [2.24, 2.45) is 50.7 Å². The van der Waals surface area contributed by atoms with E-state index in [9.17, 15) is 25.2 Å². The molecule has 6 nitrogen and oxygen atoms in total. The maximum absolute atomic E-state index is 14.5. The highest BCUT2D eigenvalue weighted by Gasteiger charge is 2.71. The second kappa shape index (κ2) is 10.1. The Morgan fingerprint density at radius 1 is 0.930 bits per heavy atom. The van der Waals surface area contributed by atoms with Gasteiger partial charge in [-0.25, -0.2) is 0 Å². The molecule has 4 fully saturated rings. The normalized spacial score (nSPS) is 49.1. The van der Waals surface area contributed by atoms with Crippen molar-refractivity contribution in [2.75, 3.05) is 11.9 Å². The van der Waals surface area contributed by atoms with Crippen LogP contribution in [0, 0.1) is 50.7 Å². The molecule has 1 aromatic carbocycles. The van der Waals surface area contributed by atoms with E-state index in [1.807, 2.05) is 31.2 Å². The maximum atomic E-state index is 14.5. The molecular weight excluding hydrogens is 538 g/mol. The number of carbonyl (C=O) groups is 1. The monoisotopic (exact) mass is 593 g/mol. The van der Waals surface area contributed by atoms with Gasteiger partial charge in [-0.15, -0.1) is 0 Å². The summed E-state index contributed by atoms with van der Waals surface area (Å²) in [7, 11) is 0. The molecule has 43 heavy (non-hydrogen) atoms. The van der Waals surface area contributed by atoms with E-state index < -0.39 is 22.5 Å². The van der Waals surface area contributed by atoms with Gasteiger partial charge in [0.05, 0.1) is 30.3 Å². The molecule has 5 aliphatic carbocycles. The number of nitrogens with one attached hydrogen (secondary N) is 1. The second-order valence-corrected chi connectivity index (χ2v) is 16.5. The molecule has 4 saturated carbocycles. The maximum Gasteiger partial charge on any atom is 0.231 e. The van der Waals surface area contributed by atoms with Crippen LogP contribution in [0.2, 0.25) is 0 Å². The van der Waals surface area contributed by atoms with Gasteiger partial charge in [-0.1, -0.05) is 64.5 Å². The van der Waals surface area contributed by atoms with Gasteiger partial charge in [0.1, 0.15) is 0 Å². The van der Waals surface area contributed by atoms with Gasteiger partial charge in [-0.05, 0) is 105 Å². The number of anilines is 1. The van der Waals surface area contributed by atoms with E-state index >= 15 is 0 Å². The van der Waals surface area contributed by atoms with E-state index in [4.69, 9.17) is 0 Å². The Bertz CT molecular complexity index is 1310. The fraction of sp³-hybridized carbons (Fsp3) is 0.757. The summed E-state index contributed by atoms with van der Waals surface area (Å²) >= 11 is 0. The molecule has 5 aliphatic rings. The van der Waals surface area contributed by atoms with E-state index in [0.717, 1.165) is 57.8 Å². The van der Waals surface area contributed by atoms with E-state index in [1.165, 1.54) is 5.57 Å². The van der Waals surface area contributed by atoms with E-state index in [0.29, 0.717) is 17.2 Å². The minimum atomic E-state index is -1.03. The van der Waals surface area contributed by atoms with Crippen LogP contribution >= 0.6 is 0 Å². The van der Waals surface area contributed by atoms with E-state index in [2.05, 4.69) is 46.0 Å². The molecule has 11 atom stereocenters. The zero-order valence-corrected chi connectivity index (χ0v) is 27.2. The molecule has 1 amide bonds. The van der Waals surface area contributed by atoms with Crippen molar-refractivity contribution in [3.05, 3.63) is 41.5 Å². The molecule has 0 aliphatic heterocycles. The number of amides is 1. The first-order valence-corrected chi connectivity index (χ1v) is 16.9. The molecule has 238 valence electrons. The molecule has 0 radical (unpaired) electrons. The lowest BCUT2D eigenvalue weighted by Gasteiger charge is -2.72. The van der Waals surface area contributed by atoms with E-state index in [1.54, 1.807) is 0 Å². The Morgan fingerprint density at radius 3 is 2.35 bits per heavy atom. The Hall–Kier alpha value is -1.73. The number of rotatable bonds is 4. The SMILES string of the molecule is C[C@@H]1CC[C@]2(C(=O)Nc3ccccc3CO)CC[C@]3(C)C(=CC[C@@H]4[C@@]5(C)CC[C@H](O)[C@@](C)(CO)[C@@H]5CC[C@]43C)[C@@H]2[C@]1(C)O. The molecule has 0 bridgehead atoms. The minimum absolute atomic E-state index is 0.00294. The van der Waals surface area contributed by atoms with Crippen molar-refractivity contribution in [1.29, 1.82) is 0 Å². The predicted molar refractivity (Wildman–Crippen MR) is 169 cm³/mol. The van der Waals surface area contributed by atoms with Crippen molar-refractivity contribution in [3.8, 4) is 0 Å². The van der Waals surface area contributed by atoms with Crippen LogP contribution in [0.15, 0.2) is 35.9 Å². The third-order valence-electron chi connectivity index (χ3n) is 15.1. The molecule has 0 aromatic heterocycles. The van der Waals surface area contributed by atoms with Crippen molar-refractivity contribution in [1.82, 2.24) is 0 Å². The molecule has 0 unspecified atom stereocenters. The topological polar surface area (TPSA) is 110 Å². The third kappa shape index (κ3) is 4.01. The molecule has 6 rings (SSSR count). The van der Waals surface area contributed by atoms with Gasteiger partial charge >= 0.3 is 0 Å². The van der Waals surface area contributed by atoms with E-state index in [-0.39, 0.29) is 53.1 Å². The standard InChI is InChI=1S/C37H55NO5/c1-23-13-18-37(31(42)38-26-10-8-7-9-24(26)21-39)20-19-34(4)25(30(37)36(23,6)43)11-12-28-32(2)16-15-29(41)33(3,22-40)27(32)14-17-35(28,34)5/h7-11,23,27-30,39-41,43H,12-22H2,1-6H3,(H,38,42)/t23-,27-,28-,29+,30-,32+,33+,34-,35-,36-,37+/m1/s1. The first kappa shape index (κ1) is 31.3. The third-order valence-corrected chi connectivity index (χ3v) is 15.1. The summed E-state index contributed by atoms with van der Waals surface area (Å²) in [6, 6.07) is 7.46. The zero-order chi connectivity index (χ0) is 31.2. The lowest BCUT2D eigenvalue weighted by molar-refractivity contribution is -0.222. The van der Waals surface area contributed by atoms with Gasteiger partial charge in [0.15, 0.2) is 0 Å². The molecule has 1 aromatic rings. The second-order valence-electron chi connectivity index (χ2n) is 16.5. The Kier molecular flexibility index (Phi) is 7.37. The smallest absolute Gasteiger partial charge is 0.231 e. The van der Waals surface area contributed by atoms with Crippen LogP contribution < -0.4 is 5.32 Å². The molecule has 5 N–H and O–H groups in total. The van der Waals surface area contributed by atoms with Crippen molar-refractivity contribution < 1.29 is 25.2 Å². The summed E-state index contributed by atoms with van der Waals surface area (Å²) in [5, 5.41) is 47.2. The highest BCUT2D eigenvalue weighted by Crippen LogP contribution is 2.76. The largest absolute Gasteiger partial charge is 0.396 e. The number of para-hydroxylation sites is 1. The molecule has 0 spiro atoms. The molecule has 0 heterocycles. The summed E-state index contributed by atoms with van der Waals surface area (Å²) in [5.74, 6) is 0.396. The number of hydrogen-bond acceptors (Lipinski definition) is 5. The van der Waals surface area contributed by atoms with Crippen LogP contribution in [-0.2, 0) is 11.4 Å². The number of hydrogen-bond donors (Lipinski definition) is 5. The summed E-state index contributed by atoms with van der Waals surface area (Å²) in [5.41, 5.74) is 0.179. The lowest BCUT2D eigenvalue weighted by atomic mass is 9.33. The lowest BCUT2D eigenvalue weighted by Crippen LogP contribution is -2.68. The first-order chi connectivity index (χ1) is 20.2. The molecule has 0 saturated heterocycles. The van der Waals surface area contributed by atoms with Gasteiger partial charge in [-0.3, -0.25) is 4.79 Å². The van der Waals surface area contributed by atoms with Crippen LogP contribution in [-0.4, -0.2) is 44.6 Å². The van der Waals surface area contributed by atoms with Gasteiger partial charge in [-0.2, -0.15) is 0 Å². The minimum Gasteiger partial charge on any atom is -0.396 e. The first-order valence-electron chi connectivity index (χ1n) is 16.9. The van der Waals surface area contributed by atoms with Crippen LogP contribution in [0.1, 0.15) is 105 Å². The summed E-state index contributed by atoms with van der Waals surface area (Å²) in [6.07, 6.45) is 9.67. The van der Waals surface area contributed by atoms with Crippen molar-refractivity contribution >= 4 is 11.6 Å². The van der Waals surface area contributed by atoms with Crippen LogP contribution in [0.3, 0.4) is 0 Å². The average Bonchev–Trinajstić information content (AvgIpc) is 2.97. The number of benzene rings is 1. The fourth-order valence-electron chi connectivity index (χ4n) is 11.9. The number of allylic oxidation sites excluding steroid dienone is 1. The van der Waals surface area contributed by atoms with Gasteiger partial charge in [0.2, 0.25) is 5.91 Å². The van der Waals surface area contributed by atoms with Crippen LogP contribution in [0.5, 0.6) is 0 Å². The Morgan fingerprint density at radius 2 is 1.65 bits per heavy atom. The van der Waals surface area contributed by atoms with Crippen LogP contribution in [0.25, 0.3) is 0 Å². The molecular formula is C37H55NO5.